The summed E-state index contributed by atoms with van der Waals surface area (Å²) >= 11 is 3.14. The fourth-order valence-electron chi connectivity index (χ4n) is 3.69. The van der Waals surface area contributed by atoms with Gasteiger partial charge in [0, 0.05) is 37.9 Å². The minimum atomic E-state index is -0.231. The number of carbonyl (C=O) groups excluding carboxylic acids is 1. The SMILES string of the molecule is O=C(CSc1nnc(-c2cccs2)n1C1CC1)N1CCN(c2ccc(F)cc2)CC1. The zero-order valence-corrected chi connectivity index (χ0v) is 18.0. The zero-order valence-electron chi connectivity index (χ0n) is 16.4. The van der Waals surface area contributed by atoms with Gasteiger partial charge in [0.25, 0.3) is 0 Å². The Kier molecular flexibility index (Phi) is 5.47. The van der Waals surface area contributed by atoms with Gasteiger partial charge in [-0.25, -0.2) is 4.39 Å². The number of carbonyl (C=O) groups is 1. The van der Waals surface area contributed by atoms with Gasteiger partial charge in [0.2, 0.25) is 5.91 Å². The van der Waals surface area contributed by atoms with Crippen molar-refractivity contribution in [2.75, 3.05) is 36.8 Å². The lowest BCUT2D eigenvalue weighted by atomic mass is 10.2. The molecule has 2 aliphatic rings. The van der Waals surface area contributed by atoms with Crippen LogP contribution in [0.1, 0.15) is 18.9 Å². The summed E-state index contributed by atoms with van der Waals surface area (Å²) in [4.78, 5) is 18.0. The molecule has 0 radical (unpaired) electrons. The Morgan fingerprint density at radius 2 is 1.87 bits per heavy atom. The normalized spacial score (nSPS) is 16.8. The monoisotopic (exact) mass is 443 g/mol. The maximum Gasteiger partial charge on any atom is 0.233 e. The highest BCUT2D eigenvalue weighted by Gasteiger charge is 2.31. The summed E-state index contributed by atoms with van der Waals surface area (Å²) in [6, 6.07) is 11.1. The highest BCUT2D eigenvalue weighted by molar-refractivity contribution is 7.99. The van der Waals surface area contributed by atoms with Crippen LogP contribution in [-0.4, -0.2) is 57.5 Å². The first-order valence-corrected chi connectivity index (χ1v) is 12.0. The summed E-state index contributed by atoms with van der Waals surface area (Å²) in [5.41, 5.74) is 0.997. The smallest absolute Gasteiger partial charge is 0.233 e. The van der Waals surface area contributed by atoms with E-state index < -0.39 is 0 Å². The van der Waals surface area contributed by atoms with E-state index in [1.54, 1.807) is 23.5 Å². The number of thiophene rings is 1. The van der Waals surface area contributed by atoms with Crippen LogP contribution in [0.15, 0.2) is 46.9 Å². The van der Waals surface area contributed by atoms with Gasteiger partial charge in [-0.1, -0.05) is 17.8 Å². The Morgan fingerprint density at radius 1 is 1.10 bits per heavy atom. The van der Waals surface area contributed by atoms with Crippen LogP contribution in [0.2, 0.25) is 0 Å². The number of thioether (sulfide) groups is 1. The van der Waals surface area contributed by atoms with Crippen molar-refractivity contribution in [2.24, 2.45) is 0 Å². The molecule has 0 spiro atoms. The lowest BCUT2D eigenvalue weighted by Gasteiger charge is -2.36. The minimum absolute atomic E-state index is 0.127. The molecule has 1 saturated carbocycles. The molecular formula is C21H22FN5OS2. The fourth-order valence-corrected chi connectivity index (χ4v) is 5.31. The second kappa shape index (κ2) is 8.39. The summed E-state index contributed by atoms with van der Waals surface area (Å²) in [5.74, 6) is 1.18. The van der Waals surface area contributed by atoms with Crippen molar-refractivity contribution in [3.05, 3.63) is 47.6 Å². The van der Waals surface area contributed by atoms with E-state index in [1.165, 1.54) is 23.9 Å². The Hall–Kier alpha value is -2.39. The van der Waals surface area contributed by atoms with Crippen LogP contribution < -0.4 is 4.90 Å². The van der Waals surface area contributed by atoms with Crippen LogP contribution in [0, 0.1) is 5.82 Å². The Morgan fingerprint density at radius 3 is 2.53 bits per heavy atom. The number of amides is 1. The van der Waals surface area contributed by atoms with Crippen LogP contribution in [0.25, 0.3) is 10.7 Å². The van der Waals surface area contributed by atoms with Gasteiger partial charge < -0.3 is 9.80 Å². The van der Waals surface area contributed by atoms with Gasteiger partial charge in [-0.05, 0) is 48.6 Å². The van der Waals surface area contributed by atoms with Gasteiger partial charge in [0.05, 0.1) is 10.6 Å². The van der Waals surface area contributed by atoms with Crippen molar-refractivity contribution in [3.63, 3.8) is 0 Å². The molecule has 1 aliphatic carbocycles. The molecule has 0 bridgehead atoms. The molecule has 1 aliphatic heterocycles. The van der Waals surface area contributed by atoms with Crippen molar-refractivity contribution in [1.82, 2.24) is 19.7 Å². The van der Waals surface area contributed by atoms with Gasteiger partial charge in [0.15, 0.2) is 11.0 Å². The summed E-state index contributed by atoms with van der Waals surface area (Å²) in [6.45, 7) is 2.85. The summed E-state index contributed by atoms with van der Waals surface area (Å²) in [5, 5.41) is 11.7. The van der Waals surface area contributed by atoms with Gasteiger partial charge >= 0.3 is 0 Å². The standard InChI is InChI=1S/C21H22FN5OS2/c22-15-3-5-16(6-4-15)25-9-11-26(12-10-25)19(28)14-30-21-24-23-20(18-2-1-13-29-18)27(21)17-7-8-17/h1-6,13,17H,7-12,14H2. The third kappa shape index (κ3) is 4.09. The molecule has 156 valence electrons. The first-order valence-electron chi connectivity index (χ1n) is 10.1. The van der Waals surface area contributed by atoms with Crippen molar-refractivity contribution in [2.45, 2.75) is 24.0 Å². The van der Waals surface area contributed by atoms with E-state index in [-0.39, 0.29) is 11.7 Å². The number of rotatable bonds is 6. The first-order chi connectivity index (χ1) is 14.7. The molecule has 1 aromatic carbocycles. The van der Waals surface area contributed by atoms with Crippen LogP contribution in [-0.2, 0) is 4.79 Å². The molecule has 5 rings (SSSR count). The summed E-state index contributed by atoms with van der Waals surface area (Å²) in [7, 11) is 0. The Labute approximate surface area is 182 Å². The maximum absolute atomic E-state index is 13.1. The largest absolute Gasteiger partial charge is 0.368 e. The van der Waals surface area contributed by atoms with E-state index in [4.69, 9.17) is 0 Å². The quantitative estimate of drug-likeness (QED) is 0.541. The number of halogens is 1. The topological polar surface area (TPSA) is 54.3 Å². The van der Waals surface area contributed by atoms with E-state index in [0.717, 1.165) is 47.5 Å². The molecule has 0 atom stereocenters. The van der Waals surface area contributed by atoms with Gasteiger partial charge in [-0.3, -0.25) is 9.36 Å². The van der Waals surface area contributed by atoms with Crippen LogP contribution >= 0.6 is 23.1 Å². The highest BCUT2D eigenvalue weighted by atomic mass is 32.2. The van der Waals surface area contributed by atoms with E-state index in [2.05, 4.69) is 25.7 Å². The second-order valence-electron chi connectivity index (χ2n) is 7.52. The second-order valence-corrected chi connectivity index (χ2v) is 9.41. The number of piperazine rings is 1. The summed E-state index contributed by atoms with van der Waals surface area (Å²) in [6.07, 6.45) is 2.28. The predicted molar refractivity (Wildman–Crippen MR) is 118 cm³/mol. The van der Waals surface area contributed by atoms with Crippen LogP contribution in [0.3, 0.4) is 0 Å². The van der Waals surface area contributed by atoms with Crippen molar-refractivity contribution in [3.8, 4) is 10.7 Å². The fraction of sp³-hybridized carbons (Fsp3) is 0.381. The average molecular weight is 444 g/mol. The van der Waals surface area contributed by atoms with Crippen molar-refractivity contribution >= 4 is 34.7 Å². The van der Waals surface area contributed by atoms with Gasteiger partial charge in [0.1, 0.15) is 5.82 Å². The van der Waals surface area contributed by atoms with E-state index in [1.807, 2.05) is 16.3 Å². The molecule has 6 nitrogen and oxygen atoms in total. The number of anilines is 1. The predicted octanol–water partition coefficient (Wildman–Crippen LogP) is 3.92. The number of hydrogen-bond donors (Lipinski definition) is 0. The average Bonchev–Trinajstić information content (AvgIpc) is 3.29. The maximum atomic E-state index is 13.1. The van der Waals surface area contributed by atoms with Gasteiger partial charge in [-0.15, -0.1) is 21.5 Å². The Bertz CT molecular complexity index is 1010. The Balaban J connectivity index is 1.19. The number of aromatic nitrogens is 3. The van der Waals surface area contributed by atoms with Gasteiger partial charge in [-0.2, -0.15) is 0 Å². The van der Waals surface area contributed by atoms with E-state index >= 15 is 0 Å². The first kappa shape index (κ1) is 19.6. The molecule has 0 N–H and O–H groups in total. The molecule has 2 aromatic heterocycles. The van der Waals surface area contributed by atoms with Crippen molar-refractivity contribution < 1.29 is 9.18 Å². The third-order valence-corrected chi connectivity index (χ3v) is 7.26. The molecule has 2 fully saturated rings. The number of hydrogen-bond acceptors (Lipinski definition) is 6. The molecule has 0 unspecified atom stereocenters. The van der Waals surface area contributed by atoms with Crippen LogP contribution in [0.4, 0.5) is 10.1 Å². The summed E-state index contributed by atoms with van der Waals surface area (Å²) < 4.78 is 15.3. The van der Waals surface area contributed by atoms with Crippen LogP contribution in [0.5, 0.6) is 0 Å². The minimum Gasteiger partial charge on any atom is -0.368 e. The van der Waals surface area contributed by atoms with E-state index in [0.29, 0.717) is 24.9 Å². The molecule has 30 heavy (non-hydrogen) atoms. The van der Waals surface area contributed by atoms with E-state index in [9.17, 15) is 9.18 Å². The van der Waals surface area contributed by atoms with Crippen molar-refractivity contribution in [1.29, 1.82) is 0 Å². The molecule has 1 amide bonds. The lowest BCUT2D eigenvalue weighted by molar-refractivity contribution is -0.128. The lowest BCUT2D eigenvalue weighted by Crippen LogP contribution is -2.49. The molecule has 1 saturated heterocycles. The number of nitrogens with zero attached hydrogens (tertiary/aromatic N) is 5. The molecule has 3 aromatic rings. The molecular weight excluding hydrogens is 421 g/mol. The molecule has 3 heterocycles. The third-order valence-electron chi connectivity index (χ3n) is 5.47. The number of benzene rings is 1. The highest BCUT2D eigenvalue weighted by Crippen LogP contribution is 2.41. The zero-order chi connectivity index (χ0) is 20.5. The molecule has 9 heteroatoms.